The van der Waals surface area contributed by atoms with Gasteiger partial charge < -0.3 is 5.73 Å². The van der Waals surface area contributed by atoms with Crippen molar-refractivity contribution in [1.82, 2.24) is 9.78 Å². The molecular weight excluding hydrogens is 162 g/mol. The maximum Gasteiger partial charge on any atom is 0.0524 e. The average Bonchev–Trinajstić information content (AvgIpc) is 2.62. The summed E-state index contributed by atoms with van der Waals surface area (Å²) in [4.78, 5) is 0. The molecule has 0 spiro atoms. The molecule has 72 valence electrons. The van der Waals surface area contributed by atoms with Crippen LogP contribution in [0, 0.1) is 5.92 Å². The second-order valence-corrected chi connectivity index (χ2v) is 4.15. The van der Waals surface area contributed by atoms with E-state index in [0.29, 0.717) is 17.9 Å². The molecule has 1 aliphatic rings. The smallest absolute Gasteiger partial charge is 0.0524 e. The lowest BCUT2D eigenvalue weighted by Gasteiger charge is -2.16. The molecule has 3 atom stereocenters. The van der Waals surface area contributed by atoms with E-state index in [1.165, 1.54) is 12.0 Å². The fourth-order valence-corrected chi connectivity index (χ4v) is 2.30. The maximum absolute atomic E-state index is 5.99. The lowest BCUT2D eigenvalue weighted by atomic mass is 9.91. The highest BCUT2D eigenvalue weighted by Gasteiger charge is 2.31. The van der Waals surface area contributed by atoms with Crippen molar-refractivity contribution in [2.45, 2.75) is 31.7 Å². The number of aryl methyl sites for hydroxylation is 1. The molecule has 1 aromatic rings. The minimum atomic E-state index is 0.380. The van der Waals surface area contributed by atoms with Crippen LogP contribution in [0.5, 0.6) is 0 Å². The molecule has 0 saturated heterocycles. The first-order valence-electron chi connectivity index (χ1n) is 4.92. The largest absolute Gasteiger partial charge is 0.327 e. The summed E-state index contributed by atoms with van der Waals surface area (Å²) in [5, 5.41) is 4.20. The predicted octanol–water partition coefficient (Wildman–Crippen LogP) is 1.26. The highest BCUT2D eigenvalue weighted by molar-refractivity contribution is 5.15. The third kappa shape index (κ3) is 1.48. The SMILES string of the molecule is CC1C(N)CCC1c1cnn(C)c1. The van der Waals surface area contributed by atoms with Crippen LogP contribution in [0.4, 0.5) is 0 Å². The molecule has 2 N–H and O–H groups in total. The van der Waals surface area contributed by atoms with Crippen LogP contribution in [-0.4, -0.2) is 15.8 Å². The Bertz CT molecular complexity index is 292. The Morgan fingerprint density at radius 3 is 2.77 bits per heavy atom. The Morgan fingerprint density at radius 1 is 1.54 bits per heavy atom. The molecule has 1 saturated carbocycles. The van der Waals surface area contributed by atoms with Crippen molar-refractivity contribution in [1.29, 1.82) is 0 Å². The zero-order valence-electron chi connectivity index (χ0n) is 8.27. The minimum absolute atomic E-state index is 0.380. The van der Waals surface area contributed by atoms with Crippen LogP contribution in [0.15, 0.2) is 12.4 Å². The van der Waals surface area contributed by atoms with Gasteiger partial charge in [-0.05, 0) is 30.2 Å². The molecule has 2 rings (SSSR count). The molecule has 1 fully saturated rings. The first-order valence-corrected chi connectivity index (χ1v) is 4.92. The van der Waals surface area contributed by atoms with Crippen LogP contribution >= 0.6 is 0 Å². The van der Waals surface area contributed by atoms with Gasteiger partial charge in [-0.25, -0.2) is 0 Å². The van der Waals surface area contributed by atoms with Crippen LogP contribution in [0.2, 0.25) is 0 Å². The summed E-state index contributed by atoms with van der Waals surface area (Å²) < 4.78 is 1.87. The van der Waals surface area contributed by atoms with E-state index in [9.17, 15) is 0 Å². The fraction of sp³-hybridized carbons (Fsp3) is 0.700. The van der Waals surface area contributed by atoms with E-state index in [0.717, 1.165) is 6.42 Å². The summed E-state index contributed by atoms with van der Waals surface area (Å²) in [6.07, 6.45) is 6.45. The Balaban J connectivity index is 2.18. The number of rotatable bonds is 1. The fourth-order valence-electron chi connectivity index (χ4n) is 2.30. The van der Waals surface area contributed by atoms with Gasteiger partial charge in [-0.15, -0.1) is 0 Å². The van der Waals surface area contributed by atoms with Gasteiger partial charge in [0.2, 0.25) is 0 Å². The standard InChI is InChI=1S/C10H17N3/c1-7-9(3-4-10(7)11)8-5-12-13(2)6-8/h5-7,9-10H,3-4,11H2,1-2H3. The van der Waals surface area contributed by atoms with Crippen molar-refractivity contribution < 1.29 is 0 Å². The zero-order chi connectivity index (χ0) is 9.42. The Morgan fingerprint density at radius 2 is 2.31 bits per heavy atom. The molecule has 1 aliphatic carbocycles. The molecular formula is C10H17N3. The van der Waals surface area contributed by atoms with E-state index in [1.54, 1.807) is 0 Å². The van der Waals surface area contributed by atoms with Crippen LogP contribution in [0.25, 0.3) is 0 Å². The quantitative estimate of drug-likeness (QED) is 0.705. The van der Waals surface area contributed by atoms with E-state index in [-0.39, 0.29) is 0 Å². The van der Waals surface area contributed by atoms with Gasteiger partial charge in [0.1, 0.15) is 0 Å². The van der Waals surface area contributed by atoms with Crippen LogP contribution in [0.1, 0.15) is 31.2 Å². The first kappa shape index (κ1) is 8.75. The Kier molecular flexibility index (Phi) is 2.12. The molecule has 0 radical (unpaired) electrons. The molecule has 0 amide bonds. The molecule has 0 bridgehead atoms. The molecule has 3 unspecified atom stereocenters. The molecule has 1 heterocycles. The monoisotopic (exact) mass is 179 g/mol. The summed E-state index contributed by atoms with van der Waals surface area (Å²) in [7, 11) is 1.96. The highest BCUT2D eigenvalue weighted by Crippen LogP contribution is 2.38. The lowest BCUT2D eigenvalue weighted by molar-refractivity contribution is 0.479. The van der Waals surface area contributed by atoms with Gasteiger partial charge in [0.05, 0.1) is 6.20 Å². The second kappa shape index (κ2) is 3.14. The lowest BCUT2D eigenvalue weighted by Crippen LogP contribution is -2.24. The second-order valence-electron chi connectivity index (χ2n) is 4.15. The van der Waals surface area contributed by atoms with E-state index < -0.39 is 0 Å². The summed E-state index contributed by atoms with van der Waals surface area (Å²) in [6.45, 7) is 2.25. The molecule has 3 heteroatoms. The van der Waals surface area contributed by atoms with Gasteiger partial charge in [0, 0.05) is 19.3 Å². The van der Waals surface area contributed by atoms with Crippen LogP contribution in [0.3, 0.4) is 0 Å². The van der Waals surface area contributed by atoms with Crippen molar-refractivity contribution in [2.24, 2.45) is 18.7 Å². The molecule has 1 aromatic heterocycles. The number of hydrogen-bond donors (Lipinski definition) is 1. The Labute approximate surface area is 78.9 Å². The topological polar surface area (TPSA) is 43.8 Å². The normalized spacial score (nSPS) is 33.9. The number of hydrogen-bond acceptors (Lipinski definition) is 2. The molecule has 0 aliphatic heterocycles. The van der Waals surface area contributed by atoms with Gasteiger partial charge in [-0.1, -0.05) is 6.92 Å². The van der Waals surface area contributed by atoms with Gasteiger partial charge in [-0.3, -0.25) is 4.68 Å². The van der Waals surface area contributed by atoms with Crippen molar-refractivity contribution in [3.8, 4) is 0 Å². The van der Waals surface area contributed by atoms with Crippen molar-refractivity contribution in [3.05, 3.63) is 18.0 Å². The minimum Gasteiger partial charge on any atom is -0.327 e. The van der Waals surface area contributed by atoms with Gasteiger partial charge in [0.15, 0.2) is 0 Å². The van der Waals surface area contributed by atoms with E-state index >= 15 is 0 Å². The van der Waals surface area contributed by atoms with Crippen molar-refractivity contribution in [2.75, 3.05) is 0 Å². The van der Waals surface area contributed by atoms with Crippen molar-refractivity contribution >= 4 is 0 Å². The van der Waals surface area contributed by atoms with Crippen molar-refractivity contribution in [3.63, 3.8) is 0 Å². The van der Waals surface area contributed by atoms with E-state index in [2.05, 4.69) is 18.2 Å². The maximum atomic E-state index is 5.99. The van der Waals surface area contributed by atoms with Gasteiger partial charge in [0.25, 0.3) is 0 Å². The number of nitrogens with two attached hydrogens (primary N) is 1. The highest BCUT2D eigenvalue weighted by atomic mass is 15.2. The Hall–Kier alpha value is -0.830. The van der Waals surface area contributed by atoms with Crippen LogP contribution < -0.4 is 5.73 Å². The van der Waals surface area contributed by atoms with Gasteiger partial charge in [-0.2, -0.15) is 5.10 Å². The van der Waals surface area contributed by atoms with Crippen LogP contribution in [-0.2, 0) is 7.05 Å². The molecule has 0 aromatic carbocycles. The van der Waals surface area contributed by atoms with E-state index in [1.807, 2.05) is 17.9 Å². The predicted molar refractivity (Wildman–Crippen MR) is 52.3 cm³/mol. The first-order chi connectivity index (χ1) is 6.18. The summed E-state index contributed by atoms with van der Waals surface area (Å²) >= 11 is 0. The molecule has 3 nitrogen and oxygen atoms in total. The van der Waals surface area contributed by atoms with E-state index in [4.69, 9.17) is 5.73 Å². The van der Waals surface area contributed by atoms with Gasteiger partial charge >= 0.3 is 0 Å². The third-order valence-electron chi connectivity index (χ3n) is 3.27. The number of nitrogens with zero attached hydrogens (tertiary/aromatic N) is 2. The zero-order valence-corrected chi connectivity index (χ0v) is 8.27. The summed E-state index contributed by atoms with van der Waals surface area (Å²) in [5.41, 5.74) is 7.34. The summed E-state index contributed by atoms with van der Waals surface area (Å²) in [5.74, 6) is 1.23. The average molecular weight is 179 g/mol. The summed E-state index contributed by atoms with van der Waals surface area (Å²) in [6, 6.07) is 0.380. The third-order valence-corrected chi connectivity index (χ3v) is 3.27. The number of aromatic nitrogens is 2. The molecule has 13 heavy (non-hydrogen) atoms.